The molecule has 0 saturated carbocycles. The van der Waals surface area contributed by atoms with Crippen LogP contribution in [-0.2, 0) is 44.1 Å². The number of rotatable bonds is 18. The number of amides is 5. The number of ether oxygens (including phenoxy) is 1. The molecule has 3 aromatic heterocycles. The molecule has 2 fully saturated rings. The lowest BCUT2D eigenvalue weighted by Gasteiger charge is -2.35. The average Bonchev–Trinajstić information content (AvgIpc) is 4.18. The van der Waals surface area contributed by atoms with Crippen molar-refractivity contribution >= 4 is 68.5 Å². The molecule has 2 saturated heterocycles. The van der Waals surface area contributed by atoms with Gasteiger partial charge in [0.05, 0.1) is 64.7 Å². The van der Waals surface area contributed by atoms with Gasteiger partial charge in [0.2, 0.25) is 23.6 Å². The van der Waals surface area contributed by atoms with Gasteiger partial charge in [0, 0.05) is 69.1 Å². The predicted octanol–water partition coefficient (Wildman–Crippen LogP) is 4.68. The molecule has 6 aromatic rings. The van der Waals surface area contributed by atoms with E-state index in [9.17, 15) is 29.1 Å². The number of anilines is 1. The molecule has 8 rings (SSSR count). The van der Waals surface area contributed by atoms with Gasteiger partial charge in [-0.2, -0.15) is 5.10 Å². The lowest BCUT2D eigenvalue weighted by atomic mass is 9.85. The van der Waals surface area contributed by atoms with Crippen molar-refractivity contribution in [1.82, 2.24) is 50.5 Å². The Morgan fingerprint density at radius 1 is 0.986 bits per heavy atom. The minimum absolute atomic E-state index is 0.00705. The molecule has 69 heavy (non-hydrogen) atoms. The fourth-order valence-electron chi connectivity index (χ4n) is 9.04. The Morgan fingerprint density at radius 2 is 1.80 bits per heavy atom. The smallest absolute Gasteiger partial charge is 0.255 e. The molecule has 4 atom stereocenters. The van der Waals surface area contributed by atoms with Crippen LogP contribution in [0.15, 0.2) is 72.4 Å². The summed E-state index contributed by atoms with van der Waals surface area (Å²) in [4.78, 5) is 83.6. The quantitative estimate of drug-likeness (QED) is 0.0649. The van der Waals surface area contributed by atoms with Crippen LogP contribution in [0, 0.1) is 18.3 Å². The summed E-state index contributed by atoms with van der Waals surface area (Å²) in [5, 5.41) is 27.4. The van der Waals surface area contributed by atoms with E-state index in [-0.39, 0.29) is 68.7 Å². The Kier molecular flexibility index (Phi) is 15.2. The van der Waals surface area contributed by atoms with Crippen molar-refractivity contribution in [1.29, 1.82) is 0 Å². The van der Waals surface area contributed by atoms with Crippen LogP contribution in [-0.4, -0.2) is 127 Å². The van der Waals surface area contributed by atoms with E-state index in [2.05, 4.69) is 41.2 Å². The second-order valence-corrected chi connectivity index (χ2v) is 20.0. The predicted molar refractivity (Wildman–Crippen MR) is 263 cm³/mol. The van der Waals surface area contributed by atoms with Crippen molar-refractivity contribution in [2.45, 2.75) is 84.7 Å². The van der Waals surface area contributed by atoms with Gasteiger partial charge in [-0.25, -0.2) is 9.97 Å². The summed E-state index contributed by atoms with van der Waals surface area (Å²) >= 11 is 1.57. The number of hydrogen-bond acceptors (Lipinski definition) is 12. The van der Waals surface area contributed by atoms with Crippen LogP contribution in [0.5, 0.6) is 0 Å². The number of aromatic amines is 1. The summed E-state index contributed by atoms with van der Waals surface area (Å²) in [5.41, 5.74) is 7.79. The van der Waals surface area contributed by atoms with E-state index in [1.807, 2.05) is 94.9 Å². The number of β-amino-alcohol motifs (C(OH)–C–C–N with tert-alkyl or cyclic N) is 1. The van der Waals surface area contributed by atoms with Crippen molar-refractivity contribution in [2.75, 3.05) is 44.7 Å². The summed E-state index contributed by atoms with van der Waals surface area (Å²) in [6, 6.07) is 17.1. The van der Waals surface area contributed by atoms with Crippen LogP contribution >= 0.6 is 11.3 Å². The van der Waals surface area contributed by atoms with Crippen molar-refractivity contribution in [2.24, 2.45) is 18.4 Å². The zero-order chi connectivity index (χ0) is 48.8. The molecule has 0 radical (unpaired) electrons. The summed E-state index contributed by atoms with van der Waals surface area (Å²) in [6.07, 6.45) is 2.22. The third-order valence-corrected chi connectivity index (χ3v) is 13.7. The number of nitrogens with one attached hydrogen (secondary N) is 5. The maximum absolute atomic E-state index is 14.0. The number of aromatic nitrogens is 5. The largest absolute Gasteiger partial charge is 0.391 e. The number of aliphatic hydroxyl groups excluding tert-OH is 1. The maximum Gasteiger partial charge on any atom is 0.255 e. The van der Waals surface area contributed by atoms with E-state index in [1.54, 1.807) is 28.3 Å². The maximum atomic E-state index is 14.0. The number of imidazole rings is 1. The van der Waals surface area contributed by atoms with Crippen molar-refractivity contribution in [3.8, 4) is 10.4 Å². The van der Waals surface area contributed by atoms with Gasteiger partial charge in [0.1, 0.15) is 17.9 Å². The van der Waals surface area contributed by atoms with Crippen LogP contribution < -0.4 is 21.3 Å². The van der Waals surface area contributed by atoms with E-state index in [4.69, 9.17) is 9.72 Å². The van der Waals surface area contributed by atoms with Gasteiger partial charge >= 0.3 is 0 Å². The standard InChI is InChI=1S/C50H61N11O7S/c1-30-45(69-29-53-30)33-8-6-31(7-9-33)24-52-48(66)41-23-37(62)27-61(41)49(67)46(50(2,3)4)58-43(63)15-18-68-19-16-51-44(64)20-32-14-17-60(26-32)28-42-56-38-12-11-36(22-39(38)57-42)55-47(65)34-10-13-40-35(21-34)25-54-59(40)5/h6-13,21-22,25,29,32,37,41,46,62H,14-20,23-24,26-28H2,1-5H3,(H,51,64)(H,52,66)(H,55,65)(H,56,57)(H,58,63)/t32?,37-,41+,46-/m1/s1. The molecule has 18 nitrogen and oxygen atoms in total. The second-order valence-electron chi connectivity index (χ2n) is 19.2. The SMILES string of the molecule is Cc1ncsc1-c1ccc(CNC(=O)[C@@H]2C[C@@H](O)CN2C(=O)[C@@H](NC(=O)CCOCCNC(=O)CC2CCN(Cc3nc4ccc(NC(=O)c5ccc6c(cnn6C)c5)cc4[nH]3)C2)C(C)(C)C)cc1. The van der Waals surface area contributed by atoms with Crippen LogP contribution in [0.25, 0.3) is 32.4 Å². The molecule has 5 amide bonds. The average molecular weight is 960 g/mol. The van der Waals surface area contributed by atoms with Gasteiger partial charge in [-0.3, -0.25) is 33.6 Å². The first kappa shape index (κ1) is 48.9. The van der Waals surface area contributed by atoms with Gasteiger partial charge in [-0.05, 0) is 78.7 Å². The number of H-pyrrole nitrogens is 1. The van der Waals surface area contributed by atoms with Crippen molar-refractivity contribution in [3.05, 3.63) is 95.0 Å². The van der Waals surface area contributed by atoms with E-state index in [0.29, 0.717) is 30.8 Å². The highest BCUT2D eigenvalue weighted by Gasteiger charge is 2.44. The number of aryl methyl sites for hydroxylation is 2. The monoisotopic (exact) mass is 959 g/mol. The molecule has 6 N–H and O–H groups in total. The van der Waals surface area contributed by atoms with E-state index < -0.39 is 29.5 Å². The summed E-state index contributed by atoms with van der Waals surface area (Å²) in [6.45, 7) is 10.5. The number of hydrogen-bond donors (Lipinski definition) is 6. The van der Waals surface area contributed by atoms with Crippen LogP contribution in [0.3, 0.4) is 0 Å². The molecular formula is C50H61N11O7S. The molecule has 1 unspecified atom stereocenters. The molecule has 5 heterocycles. The number of carbonyl (C=O) groups excluding carboxylic acids is 5. The lowest BCUT2D eigenvalue weighted by Crippen LogP contribution is -2.57. The Labute approximate surface area is 404 Å². The molecule has 2 aliphatic heterocycles. The molecule has 0 aliphatic carbocycles. The Balaban J connectivity index is 0.719. The fourth-order valence-corrected chi connectivity index (χ4v) is 9.85. The third-order valence-electron chi connectivity index (χ3n) is 12.8. The fraction of sp³-hybridized carbons (Fsp3) is 0.440. The number of fused-ring (bicyclic) bond motifs is 2. The Morgan fingerprint density at radius 3 is 2.57 bits per heavy atom. The Bertz CT molecular complexity index is 2810. The topological polar surface area (TPSA) is 229 Å². The zero-order valence-corrected chi connectivity index (χ0v) is 40.5. The molecule has 3 aromatic carbocycles. The highest BCUT2D eigenvalue weighted by molar-refractivity contribution is 7.13. The summed E-state index contributed by atoms with van der Waals surface area (Å²) in [7, 11) is 1.86. The number of thiazole rings is 1. The van der Waals surface area contributed by atoms with Gasteiger partial charge < -0.3 is 41.0 Å². The lowest BCUT2D eigenvalue weighted by molar-refractivity contribution is -0.144. The Hall–Kier alpha value is -6.54. The number of likely N-dealkylation sites (tertiary alicyclic amines) is 2. The van der Waals surface area contributed by atoms with E-state index in [1.165, 1.54) is 4.90 Å². The number of aliphatic hydroxyl groups is 1. The molecule has 0 spiro atoms. The number of nitrogens with zero attached hydrogens (tertiary/aromatic N) is 6. The van der Waals surface area contributed by atoms with E-state index in [0.717, 1.165) is 69.0 Å². The first-order valence-electron chi connectivity index (χ1n) is 23.4. The summed E-state index contributed by atoms with van der Waals surface area (Å²) in [5.74, 6) is -0.465. The minimum atomic E-state index is -0.951. The normalized spacial score (nSPS) is 17.9. The molecular weight excluding hydrogens is 899 g/mol. The van der Waals surface area contributed by atoms with Gasteiger partial charge in [-0.1, -0.05) is 45.0 Å². The molecule has 19 heteroatoms. The number of carbonyl (C=O) groups is 5. The molecule has 2 aliphatic rings. The van der Waals surface area contributed by atoms with Gasteiger partial charge in [0.15, 0.2) is 0 Å². The third kappa shape index (κ3) is 12.2. The number of benzene rings is 3. The van der Waals surface area contributed by atoms with Crippen LogP contribution in [0.1, 0.15) is 73.9 Å². The second kappa shape index (κ2) is 21.4. The highest BCUT2D eigenvalue weighted by atomic mass is 32.1. The summed E-state index contributed by atoms with van der Waals surface area (Å²) < 4.78 is 7.44. The van der Waals surface area contributed by atoms with Gasteiger partial charge in [0.25, 0.3) is 5.91 Å². The first-order valence-corrected chi connectivity index (χ1v) is 24.3. The molecule has 0 bridgehead atoms. The first-order chi connectivity index (χ1) is 33.1. The van der Waals surface area contributed by atoms with E-state index >= 15 is 0 Å². The van der Waals surface area contributed by atoms with Gasteiger partial charge in [-0.15, -0.1) is 11.3 Å². The molecule has 364 valence electrons. The minimum Gasteiger partial charge on any atom is -0.391 e. The van der Waals surface area contributed by atoms with Crippen LogP contribution in [0.4, 0.5) is 5.69 Å². The van der Waals surface area contributed by atoms with Crippen molar-refractivity contribution in [3.63, 3.8) is 0 Å². The van der Waals surface area contributed by atoms with Crippen molar-refractivity contribution < 1.29 is 33.8 Å². The van der Waals surface area contributed by atoms with Crippen LogP contribution in [0.2, 0.25) is 0 Å². The highest BCUT2D eigenvalue weighted by Crippen LogP contribution is 2.29. The zero-order valence-electron chi connectivity index (χ0n) is 39.7.